The molecule has 1 fully saturated rings. The van der Waals surface area contributed by atoms with Crippen molar-refractivity contribution < 1.29 is 14.6 Å². The number of ether oxygens (including phenoxy) is 1. The molecule has 1 amide bonds. The second-order valence-electron chi connectivity index (χ2n) is 3.84. The molecule has 0 aromatic rings. The third-order valence-electron chi connectivity index (χ3n) is 2.71. The molecule has 0 aliphatic heterocycles. The van der Waals surface area contributed by atoms with Crippen LogP contribution >= 0.6 is 0 Å². The summed E-state index contributed by atoms with van der Waals surface area (Å²) in [6.45, 7) is 0.568. The molecule has 14 heavy (non-hydrogen) atoms. The van der Waals surface area contributed by atoms with Gasteiger partial charge >= 0.3 is 6.09 Å². The van der Waals surface area contributed by atoms with E-state index in [4.69, 9.17) is 15.6 Å². The zero-order valence-corrected chi connectivity index (χ0v) is 8.40. The van der Waals surface area contributed by atoms with Gasteiger partial charge in [-0.25, -0.2) is 4.79 Å². The van der Waals surface area contributed by atoms with E-state index in [1.807, 2.05) is 0 Å². The zero-order chi connectivity index (χ0) is 10.6. The van der Waals surface area contributed by atoms with E-state index in [2.05, 4.69) is 5.32 Å². The fourth-order valence-corrected chi connectivity index (χ4v) is 2.05. The van der Waals surface area contributed by atoms with Crippen molar-refractivity contribution >= 4 is 6.09 Å². The Bertz CT molecular complexity index is 198. The number of carboxylic acid groups (broad SMARTS) is 1. The predicted octanol–water partition coefficient (Wildman–Crippen LogP) is 0.396. The number of rotatable bonds is 3. The summed E-state index contributed by atoms with van der Waals surface area (Å²) in [7, 11) is 1.62. The molecule has 0 saturated heterocycles. The van der Waals surface area contributed by atoms with Crippen molar-refractivity contribution in [2.24, 2.45) is 11.7 Å². The van der Waals surface area contributed by atoms with E-state index in [0.717, 1.165) is 19.3 Å². The molecular formula is C9H18N2O3. The lowest BCUT2D eigenvalue weighted by Crippen LogP contribution is -2.47. The molecule has 0 bridgehead atoms. The summed E-state index contributed by atoms with van der Waals surface area (Å²) in [6, 6.07) is 0.175. The molecule has 82 valence electrons. The van der Waals surface area contributed by atoms with E-state index >= 15 is 0 Å². The van der Waals surface area contributed by atoms with Gasteiger partial charge in [-0.2, -0.15) is 0 Å². The van der Waals surface area contributed by atoms with Crippen molar-refractivity contribution in [1.29, 1.82) is 0 Å². The first-order valence-electron chi connectivity index (χ1n) is 4.87. The predicted molar refractivity (Wildman–Crippen MR) is 52.1 cm³/mol. The van der Waals surface area contributed by atoms with Gasteiger partial charge in [-0.3, -0.25) is 0 Å². The summed E-state index contributed by atoms with van der Waals surface area (Å²) >= 11 is 0. The third kappa shape index (κ3) is 3.16. The molecule has 4 N–H and O–H groups in total. The second kappa shape index (κ2) is 5.17. The topological polar surface area (TPSA) is 84.6 Å². The number of carbonyl (C=O) groups is 1. The van der Waals surface area contributed by atoms with Crippen LogP contribution in [0.2, 0.25) is 0 Å². The molecule has 0 unspecified atom stereocenters. The van der Waals surface area contributed by atoms with Crippen LogP contribution in [0, 0.1) is 5.92 Å². The third-order valence-corrected chi connectivity index (χ3v) is 2.71. The molecule has 0 aromatic carbocycles. The minimum absolute atomic E-state index is 0.00718. The number of nitrogens with one attached hydrogen (secondary N) is 1. The van der Waals surface area contributed by atoms with Crippen LogP contribution in [-0.4, -0.2) is 37.0 Å². The first-order chi connectivity index (χ1) is 6.63. The first kappa shape index (κ1) is 11.3. The van der Waals surface area contributed by atoms with Crippen molar-refractivity contribution in [2.45, 2.75) is 31.3 Å². The normalized spacial score (nSPS) is 32.6. The lowest BCUT2D eigenvalue weighted by Gasteiger charge is -2.34. The molecule has 3 atom stereocenters. The highest BCUT2D eigenvalue weighted by atomic mass is 16.5. The van der Waals surface area contributed by atoms with Crippen molar-refractivity contribution in [2.75, 3.05) is 13.7 Å². The summed E-state index contributed by atoms with van der Waals surface area (Å²) in [5.74, 6) is 0.208. The first-order valence-corrected chi connectivity index (χ1v) is 4.87. The van der Waals surface area contributed by atoms with Gasteiger partial charge in [-0.05, 0) is 19.3 Å². The Balaban J connectivity index is 2.48. The lowest BCUT2D eigenvalue weighted by molar-refractivity contribution is 0.0994. The summed E-state index contributed by atoms with van der Waals surface area (Å²) < 4.78 is 5.05. The summed E-state index contributed by atoms with van der Waals surface area (Å²) in [5, 5.41) is 11.2. The molecule has 1 aliphatic carbocycles. The van der Waals surface area contributed by atoms with E-state index in [9.17, 15) is 4.79 Å². The summed E-state index contributed by atoms with van der Waals surface area (Å²) in [5.41, 5.74) is 5.82. The molecule has 5 heteroatoms. The van der Waals surface area contributed by atoms with E-state index < -0.39 is 6.09 Å². The largest absolute Gasteiger partial charge is 0.465 e. The average molecular weight is 202 g/mol. The Morgan fingerprint density at radius 1 is 1.64 bits per heavy atom. The fraction of sp³-hybridized carbons (Fsp3) is 0.889. The fourth-order valence-electron chi connectivity index (χ4n) is 2.05. The van der Waals surface area contributed by atoms with Gasteiger partial charge in [0.15, 0.2) is 0 Å². The molecule has 0 radical (unpaired) electrons. The maximum Gasteiger partial charge on any atom is 0.404 e. The highest BCUT2D eigenvalue weighted by Crippen LogP contribution is 2.23. The van der Waals surface area contributed by atoms with Gasteiger partial charge in [0.25, 0.3) is 0 Å². The van der Waals surface area contributed by atoms with Crippen LogP contribution in [0.4, 0.5) is 4.79 Å². The minimum Gasteiger partial charge on any atom is -0.465 e. The monoisotopic (exact) mass is 202 g/mol. The van der Waals surface area contributed by atoms with Gasteiger partial charge in [0.1, 0.15) is 0 Å². The van der Waals surface area contributed by atoms with Crippen LogP contribution in [0.1, 0.15) is 19.3 Å². The molecule has 0 aromatic heterocycles. The highest BCUT2D eigenvalue weighted by molar-refractivity contribution is 5.64. The van der Waals surface area contributed by atoms with Gasteiger partial charge in [-0.1, -0.05) is 0 Å². The number of hydrogen-bond donors (Lipinski definition) is 3. The molecule has 1 saturated carbocycles. The van der Waals surface area contributed by atoms with Crippen LogP contribution in [0.15, 0.2) is 0 Å². The number of nitrogens with two attached hydrogens (primary N) is 1. The van der Waals surface area contributed by atoms with E-state index in [0.29, 0.717) is 6.61 Å². The lowest BCUT2D eigenvalue weighted by atomic mass is 9.82. The Morgan fingerprint density at radius 3 is 2.93 bits per heavy atom. The molecule has 0 heterocycles. The quantitative estimate of drug-likeness (QED) is 0.618. The molecule has 5 nitrogen and oxygen atoms in total. The van der Waals surface area contributed by atoms with Crippen molar-refractivity contribution in [3.63, 3.8) is 0 Å². The standard InChI is InChI=1S/C9H18N2O3/c1-14-5-6-4-7(10)2-3-8(6)11-9(12)13/h6-8,11H,2-5,10H2,1H3,(H,12,13)/t6-,7+,8-/m0/s1. The Hall–Kier alpha value is -0.810. The van der Waals surface area contributed by atoms with Crippen LogP contribution in [-0.2, 0) is 4.74 Å². The minimum atomic E-state index is -0.966. The van der Waals surface area contributed by atoms with Gasteiger partial charge in [0.2, 0.25) is 0 Å². The SMILES string of the molecule is COC[C@@H]1C[C@H](N)CC[C@@H]1NC(=O)O. The van der Waals surface area contributed by atoms with Gasteiger partial charge in [0, 0.05) is 25.1 Å². The Morgan fingerprint density at radius 2 is 2.36 bits per heavy atom. The smallest absolute Gasteiger partial charge is 0.404 e. The Labute approximate surface area is 83.6 Å². The molecular weight excluding hydrogens is 184 g/mol. The zero-order valence-electron chi connectivity index (χ0n) is 8.40. The number of hydrogen-bond acceptors (Lipinski definition) is 3. The number of amides is 1. The van der Waals surface area contributed by atoms with Crippen molar-refractivity contribution in [3.8, 4) is 0 Å². The van der Waals surface area contributed by atoms with Crippen molar-refractivity contribution in [1.82, 2.24) is 5.32 Å². The van der Waals surface area contributed by atoms with Crippen molar-refractivity contribution in [3.05, 3.63) is 0 Å². The molecule has 1 aliphatic rings. The maximum atomic E-state index is 10.5. The second-order valence-corrected chi connectivity index (χ2v) is 3.84. The van der Waals surface area contributed by atoms with Gasteiger partial charge < -0.3 is 20.9 Å². The van der Waals surface area contributed by atoms with Crippen LogP contribution in [0.25, 0.3) is 0 Å². The summed E-state index contributed by atoms with van der Waals surface area (Å²) in [6.07, 6.45) is 1.55. The average Bonchev–Trinajstić information content (AvgIpc) is 2.09. The highest BCUT2D eigenvalue weighted by Gasteiger charge is 2.29. The summed E-state index contributed by atoms with van der Waals surface area (Å²) in [4.78, 5) is 10.5. The maximum absolute atomic E-state index is 10.5. The molecule has 1 rings (SSSR count). The Kier molecular flexibility index (Phi) is 4.16. The van der Waals surface area contributed by atoms with Gasteiger partial charge in [0.05, 0.1) is 6.61 Å². The van der Waals surface area contributed by atoms with Crippen LogP contribution in [0.5, 0.6) is 0 Å². The molecule has 0 spiro atoms. The van der Waals surface area contributed by atoms with E-state index in [-0.39, 0.29) is 18.0 Å². The van der Waals surface area contributed by atoms with E-state index in [1.165, 1.54) is 0 Å². The van der Waals surface area contributed by atoms with Crippen LogP contribution in [0.3, 0.4) is 0 Å². The number of methoxy groups -OCH3 is 1. The van der Waals surface area contributed by atoms with E-state index in [1.54, 1.807) is 7.11 Å². The van der Waals surface area contributed by atoms with Gasteiger partial charge in [-0.15, -0.1) is 0 Å². The van der Waals surface area contributed by atoms with Crippen LogP contribution < -0.4 is 11.1 Å².